The summed E-state index contributed by atoms with van der Waals surface area (Å²) in [5, 5.41) is 13.7. The summed E-state index contributed by atoms with van der Waals surface area (Å²) in [4.78, 5) is 54.5. The SMILES string of the molecule is CO[C@H]1/C=C\C=C(/C)C(=O)NC2=CC(=O)C(N3CCC3)=C(C[C@@H](C)C[C@H](OC)[C@H](O)[C@@H](C)/C=C(\C)C1=O)C2=O. The van der Waals surface area contributed by atoms with E-state index >= 15 is 0 Å². The van der Waals surface area contributed by atoms with Gasteiger partial charge in [-0.3, -0.25) is 19.2 Å². The van der Waals surface area contributed by atoms with Crippen molar-refractivity contribution in [2.24, 2.45) is 11.8 Å². The van der Waals surface area contributed by atoms with Crippen molar-refractivity contribution < 1.29 is 33.8 Å². The van der Waals surface area contributed by atoms with Gasteiger partial charge in [0.1, 0.15) is 6.10 Å². The molecule has 0 aromatic rings. The first-order valence-electron chi connectivity index (χ1n) is 13.4. The number of carbonyl (C=O) groups is 4. The Bertz CT molecular complexity index is 1160. The van der Waals surface area contributed by atoms with Crippen LogP contribution in [0.3, 0.4) is 0 Å². The molecule has 0 unspecified atom stereocenters. The van der Waals surface area contributed by atoms with E-state index in [9.17, 15) is 24.3 Å². The largest absolute Gasteiger partial charge is 0.390 e. The Hall–Kier alpha value is -3.14. The molecule has 1 aliphatic carbocycles. The fourth-order valence-corrected chi connectivity index (χ4v) is 5.06. The molecule has 3 rings (SSSR count). The third-order valence-electron chi connectivity index (χ3n) is 7.55. The second-order valence-corrected chi connectivity index (χ2v) is 10.6. The van der Waals surface area contributed by atoms with Crippen LogP contribution >= 0.6 is 0 Å². The van der Waals surface area contributed by atoms with Gasteiger partial charge in [-0.1, -0.05) is 32.1 Å². The number of methoxy groups -OCH3 is 2. The van der Waals surface area contributed by atoms with Crippen molar-refractivity contribution in [2.45, 2.75) is 65.3 Å². The summed E-state index contributed by atoms with van der Waals surface area (Å²) in [6.07, 6.45) is 6.76. The van der Waals surface area contributed by atoms with Crippen LogP contribution in [0.2, 0.25) is 0 Å². The van der Waals surface area contributed by atoms with Crippen LogP contribution in [-0.4, -0.2) is 78.9 Å². The quantitative estimate of drug-likeness (QED) is 0.524. The molecule has 2 heterocycles. The number of ether oxygens (including phenoxy) is 2. The van der Waals surface area contributed by atoms with Crippen LogP contribution in [0.5, 0.6) is 0 Å². The molecule has 39 heavy (non-hydrogen) atoms. The van der Waals surface area contributed by atoms with Crippen LogP contribution < -0.4 is 5.32 Å². The van der Waals surface area contributed by atoms with Crippen LogP contribution in [-0.2, 0) is 28.7 Å². The van der Waals surface area contributed by atoms with Gasteiger partial charge in [0.05, 0.1) is 23.6 Å². The maximum atomic E-state index is 13.6. The summed E-state index contributed by atoms with van der Waals surface area (Å²) in [5.74, 6) is -2.02. The average Bonchev–Trinajstić information content (AvgIpc) is 2.87. The van der Waals surface area contributed by atoms with Crippen molar-refractivity contribution >= 4 is 23.3 Å². The van der Waals surface area contributed by atoms with Crippen LogP contribution in [0.15, 0.2) is 58.5 Å². The lowest BCUT2D eigenvalue weighted by Crippen LogP contribution is -2.43. The Labute approximate surface area is 230 Å². The predicted molar refractivity (Wildman–Crippen MR) is 146 cm³/mol. The van der Waals surface area contributed by atoms with Crippen LogP contribution in [0, 0.1) is 11.8 Å². The molecule has 3 aliphatic rings. The van der Waals surface area contributed by atoms with E-state index in [1.165, 1.54) is 32.4 Å². The van der Waals surface area contributed by atoms with Gasteiger partial charge in [0, 0.05) is 50.4 Å². The lowest BCUT2D eigenvalue weighted by Gasteiger charge is -2.37. The van der Waals surface area contributed by atoms with Gasteiger partial charge < -0.3 is 24.8 Å². The zero-order chi connectivity index (χ0) is 28.9. The summed E-state index contributed by atoms with van der Waals surface area (Å²) in [6.45, 7) is 8.39. The smallest absolute Gasteiger partial charge is 0.251 e. The minimum absolute atomic E-state index is 0.0622. The minimum atomic E-state index is -0.910. The molecule has 1 saturated heterocycles. The maximum absolute atomic E-state index is 13.6. The van der Waals surface area contributed by atoms with Crippen LogP contribution in [0.25, 0.3) is 0 Å². The highest BCUT2D eigenvalue weighted by Crippen LogP contribution is 2.31. The van der Waals surface area contributed by atoms with Crippen molar-refractivity contribution in [3.63, 3.8) is 0 Å². The number of Topliss-reactive ketones (excluding diaryl/α,β-unsaturated/α-hetero) is 2. The molecule has 5 atom stereocenters. The Morgan fingerprint density at radius 2 is 1.72 bits per heavy atom. The zero-order valence-corrected chi connectivity index (χ0v) is 23.7. The normalized spacial score (nSPS) is 33.5. The molecule has 0 radical (unpaired) electrons. The summed E-state index contributed by atoms with van der Waals surface area (Å²) < 4.78 is 11.0. The monoisotopic (exact) mass is 540 g/mol. The van der Waals surface area contributed by atoms with Gasteiger partial charge in [0.2, 0.25) is 11.6 Å². The van der Waals surface area contributed by atoms with E-state index in [0.29, 0.717) is 36.4 Å². The van der Waals surface area contributed by atoms with Gasteiger partial charge >= 0.3 is 0 Å². The minimum Gasteiger partial charge on any atom is -0.390 e. The number of likely N-dealkylation sites (tertiary alicyclic amines) is 1. The molecule has 2 bridgehead atoms. The number of hydrogen-bond acceptors (Lipinski definition) is 8. The molecular formula is C30H40N2O7. The van der Waals surface area contributed by atoms with E-state index in [-0.39, 0.29) is 41.0 Å². The number of allylic oxidation sites excluding steroid dienone is 4. The second-order valence-electron chi connectivity index (χ2n) is 10.6. The predicted octanol–water partition coefficient (Wildman–Crippen LogP) is 2.57. The lowest BCUT2D eigenvalue weighted by molar-refractivity contribution is -0.122. The molecule has 0 spiro atoms. The molecule has 212 valence electrons. The van der Waals surface area contributed by atoms with Crippen molar-refractivity contribution in [1.29, 1.82) is 0 Å². The zero-order valence-electron chi connectivity index (χ0n) is 23.7. The number of amides is 1. The summed E-state index contributed by atoms with van der Waals surface area (Å²) in [7, 11) is 2.93. The number of nitrogens with zero attached hydrogens (tertiary/aromatic N) is 1. The number of rotatable bonds is 3. The average molecular weight is 541 g/mol. The molecule has 1 amide bonds. The van der Waals surface area contributed by atoms with Gasteiger partial charge in [0.25, 0.3) is 5.91 Å². The maximum Gasteiger partial charge on any atom is 0.251 e. The van der Waals surface area contributed by atoms with E-state index < -0.39 is 30.1 Å². The number of ketones is 3. The van der Waals surface area contributed by atoms with Crippen molar-refractivity contribution in [1.82, 2.24) is 10.2 Å². The van der Waals surface area contributed by atoms with Gasteiger partial charge in [0.15, 0.2) is 5.78 Å². The van der Waals surface area contributed by atoms with Crippen molar-refractivity contribution in [3.8, 4) is 0 Å². The molecule has 0 aromatic carbocycles. The summed E-state index contributed by atoms with van der Waals surface area (Å²) in [5.41, 5.74) is 1.42. The first-order valence-corrected chi connectivity index (χ1v) is 13.4. The van der Waals surface area contributed by atoms with Gasteiger partial charge in [-0.25, -0.2) is 0 Å². The number of hydrogen-bond donors (Lipinski definition) is 2. The van der Waals surface area contributed by atoms with Crippen molar-refractivity contribution in [2.75, 3.05) is 27.3 Å². The highest BCUT2D eigenvalue weighted by Gasteiger charge is 2.36. The first-order chi connectivity index (χ1) is 18.5. The number of nitrogens with one attached hydrogen (secondary N) is 1. The summed E-state index contributed by atoms with van der Waals surface area (Å²) >= 11 is 0. The molecule has 0 aromatic heterocycles. The number of carbonyl (C=O) groups excluding carboxylic acids is 4. The molecule has 0 saturated carbocycles. The number of fused-ring (bicyclic) bond motifs is 2. The third-order valence-corrected chi connectivity index (χ3v) is 7.55. The first kappa shape index (κ1) is 30.4. The standard InChI is InChI=1S/C30H40N2O7/c1-17-13-21-26(32-11-8-12-32)23(33)16-22(29(21)36)31-30(37)18(2)9-7-10-24(38-5)27(34)19(3)15-20(4)28(35)25(14-17)39-6/h7,9-10,15-17,20,24-25,28,35H,8,11-14H2,1-6H3,(H,31,37)/b10-7-,18-9+,19-15+/t17-,20+,24+,25+,28-/m1/s1. The molecular weight excluding hydrogens is 500 g/mol. The van der Waals surface area contributed by atoms with Gasteiger partial charge in [-0.15, -0.1) is 0 Å². The fraction of sp³-hybridized carbons (Fsp3) is 0.533. The lowest BCUT2D eigenvalue weighted by atomic mass is 9.84. The van der Waals surface area contributed by atoms with E-state index in [1.54, 1.807) is 26.0 Å². The Morgan fingerprint density at radius 3 is 2.31 bits per heavy atom. The van der Waals surface area contributed by atoms with E-state index in [4.69, 9.17) is 9.47 Å². The molecule has 1 fully saturated rings. The number of aliphatic hydroxyl groups excluding tert-OH is 1. The fourth-order valence-electron chi connectivity index (χ4n) is 5.06. The summed E-state index contributed by atoms with van der Waals surface area (Å²) in [6, 6.07) is 0. The van der Waals surface area contributed by atoms with Gasteiger partial charge in [-0.05, 0) is 50.7 Å². The van der Waals surface area contributed by atoms with Crippen molar-refractivity contribution in [3.05, 3.63) is 58.5 Å². The molecule has 2 aliphatic heterocycles. The molecule has 9 heteroatoms. The van der Waals surface area contributed by atoms with Crippen LogP contribution in [0.4, 0.5) is 0 Å². The Balaban J connectivity index is 2.04. The van der Waals surface area contributed by atoms with E-state index in [1.807, 2.05) is 18.7 Å². The second kappa shape index (κ2) is 13.3. The van der Waals surface area contributed by atoms with E-state index in [2.05, 4.69) is 5.32 Å². The third kappa shape index (κ3) is 7.09. The highest BCUT2D eigenvalue weighted by atomic mass is 16.5. The van der Waals surface area contributed by atoms with Gasteiger partial charge in [-0.2, -0.15) is 0 Å². The van der Waals surface area contributed by atoms with E-state index in [0.717, 1.165) is 6.42 Å². The number of aliphatic hydroxyl groups is 1. The Morgan fingerprint density at radius 1 is 1.03 bits per heavy atom. The molecule has 9 nitrogen and oxygen atoms in total. The molecule has 2 N–H and O–H groups in total. The highest BCUT2D eigenvalue weighted by molar-refractivity contribution is 6.23. The van der Waals surface area contributed by atoms with Crippen LogP contribution in [0.1, 0.15) is 47.0 Å². The topological polar surface area (TPSA) is 122 Å². The Kier molecular flexibility index (Phi) is 10.4.